The lowest BCUT2D eigenvalue weighted by atomic mass is 9.98. The van der Waals surface area contributed by atoms with Gasteiger partial charge in [-0.05, 0) is 52.9 Å². The zero-order valence-electron chi connectivity index (χ0n) is 11.7. The summed E-state index contributed by atoms with van der Waals surface area (Å²) in [4.78, 5) is 12.3. The summed E-state index contributed by atoms with van der Waals surface area (Å²) >= 11 is 3.40. The van der Waals surface area contributed by atoms with Crippen molar-refractivity contribution >= 4 is 21.8 Å². The molecule has 0 spiro atoms. The summed E-state index contributed by atoms with van der Waals surface area (Å²) in [6, 6.07) is 5.40. The zero-order chi connectivity index (χ0) is 14.5. The van der Waals surface area contributed by atoms with E-state index in [2.05, 4.69) is 21.2 Å². The molecule has 2 rings (SSSR count). The summed E-state index contributed by atoms with van der Waals surface area (Å²) in [5.74, 6) is 1.16. The third kappa shape index (κ3) is 3.52. The van der Waals surface area contributed by atoms with Gasteiger partial charge in [-0.15, -0.1) is 0 Å². The number of rotatable bonds is 5. The number of ether oxygens (including phenoxy) is 1. The lowest BCUT2D eigenvalue weighted by Crippen LogP contribution is -2.44. The first kappa shape index (κ1) is 15.3. The molecule has 4 nitrogen and oxygen atoms in total. The summed E-state index contributed by atoms with van der Waals surface area (Å²) in [6.45, 7) is 0.494. The van der Waals surface area contributed by atoms with E-state index >= 15 is 0 Å². The standard InChI is InChI=1S/C15H21BrN2O2/c1-20-14-7-6-11(8-12(14)16)15(19)18-13(9-17)10-4-2-3-5-10/h6-8,10,13H,2-5,9,17H2,1H3,(H,18,19). The molecular weight excluding hydrogens is 320 g/mol. The van der Waals surface area contributed by atoms with Gasteiger partial charge in [-0.2, -0.15) is 0 Å². The summed E-state index contributed by atoms with van der Waals surface area (Å²) in [7, 11) is 1.60. The van der Waals surface area contributed by atoms with Crippen LogP contribution in [0, 0.1) is 5.92 Å². The van der Waals surface area contributed by atoms with E-state index in [4.69, 9.17) is 10.5 Å². The fraction of sp³-hybridized carbons (Fsp3) is 0.533. The van der Waals surface area contributed by atoms with E-state index < -0.39 is 0 Å². The fourth-order valence-corrected chi connectivity index (χ4v) is 3.33. The number of carbonyl (C=O) groups is 1. The van der Waals surface area contributed by atoms with Crippen LogP contribution in [0.3, 0.4) is 0 Å². The van der Waals surface area contributed by atoms with Crippen LogP contribution in [-0.4, -0.2) is 25.6 Å². The van der Waals surface area contributed by atoms with E-state index in [-0.39, 0.29) is 11.9 Å². The van der Waals surface area contributed by atoms with Crippen LogP contribution >= 0.6 is 15.9 Å². The Morgan fingerprint density at radius 2 is 2.20 bits per heavy atom. The van der Waals surface area contributed by atoms with Gasteiger partial charge in [0.25, 0.3) is 5.91 Å². The Hall–Kier alpha value is -1.07. The number of methoxy groups -OCH3 is 1. The Kier molecular flexibility index (Phi) is 5.43. The number of nitrogens with two attached hydrogens (primary N) is 1. The molecule has 1 unspecified atom stereocenters. The number of amides is 1. The Morgan fingerprint density at radius 3 is 2.75 bits per heavy atom. The first-order chi connectivity index (χ1) is 9.65. The predicted octanol–water partition coefficient (Wildman–Crippen LogP) is 2.71. The molecule has 1 aliphatic rings. The molecule has 110 valence electrons. The molecule has 0 heterocycles. The molecule has 20 heavy (non-hydrogen) atoms. The van der Waals surface area contributed by atoms with Crippen LogP contribution in [0.25, 0.3) is 0 Å². The Labute approximate surface area is 128 Å². The van der Waals surface area contributed by atoms with Crippen molar-refractivity contribution < 1.29 is 9.53 Å². The SMILES string of the molecule is COc1ccc(C(=O)NC(CN)C2CCCC2)cc1Br. The van der Waals surface area contributed by atoms with E-state index in [1.807, 2.05) is 0 Å². The minimum Gasteiger partial charge on any atom is -0.496 e. The molecular formula is C15H21BrN2O2. The van der Waals surface area contributed by atoms with Gasteiger partial charge in [0.1, 0.15) is 5.75 Å². The summed E-state index contributed by atoms with van der Waals surface area (Å²) in [6.07, 6.45) is 4.80. The predicted molar refractivity (Wildman–Crippen MR) is 83.0 cm³/mol. The second-order valence-electron chi connectivity index (χ2n) is 5.21. The number of carbonyl (C=O) groups excluding carboxylic acids is 1. The maximum absolute atomic E-state index is 12.3. The van der Waals surface area contributed by atoms with Crippen molar-refractivity contribution in [1.29, 1.82) is 0 Å². The van der Waals surface area contributed by atoms with Crippen LogP contribution in [0.1, 0.15) is 36.0 Å². The molecule has 1 saturated carbocycles. The van der Waals surface area contributed by atoms with Crippen molar-refractivity contribution in [2.75, 3.05) is 13.7 Å². The van der Waals surface area contributed by atoms with Gasteiger partial charge in [-0.25, -0.2) is 0 Å². The van der Waals surface area contributed by atoms with E-state index in [1.165, 1.54) is 12.8 Å². The number of hydrogen-bond acceptors (Lipinski definition) is 3. The maximum atomic E-state index is 12.3. The molecule has 1 aliphatic carbocycles. The highest BCUT2D eigenvalue weighted by atomic mass is 79.9. The molecule has 5 heteroatoms. The van der Waals surface area contributed by atoms with Crippen molar-refractivity contribution in [3.8, 4) is 5.75 Å². The van der Waals surface area contributed by atoms with Gasteiger partial charge in [0.2, 0.25) is 0 Å². The normalized spacial score (nSPS) is 16.9. The topological polar surface area (TPSA) is 64.3 Å². The van der Waals surface area contributed by atoms with Crippen molar-refractivity contribution in [1.82, 2.24) is 5.32 Å². The van der Waals surface area contributed by atoms with Gasteiger partial charge in [0, 0.05) is 18.2 Å². The molecule has 0 bridgehead atoms. The van der Waals surface area contributed by atoms with Crippen LogP contribution in [0.2, 0.25) is 0 Å². The molecule has 1 aromatic carbocycles. The number of benzene rings is 1. The van der Waals surface area contributed by atoms with E-state index in [1.54, 1.807) is 25.3 Å². The first-order valence-electron chi connectivity index (χ1n) is 7.00. The van der Waals surface area contributed by atoms with Gasteiger partial charge in [-0.1, -0.05) is 12.8 Å². The molecule has 1 aromatic rings. The number of halogens is 1. The van der Waals surface area contributed by atoms with E-state index in [9.17, 15) is 4.79 Å². The van der Waals surface area contributed by atoms with Crippen molar-refractivity contribution in [2.24, 2.45) is 11.7 Å². The molecule has 0 radical (unpaired) electrons. The largest absolute Gasteiger partial charge is 0.496 e. The van der Waals surface area contributed by atoms with Crippen LogP contribution in [0.4, 0.5) is 0 Å². The highest BCUT2D eigenvalue weighted by Crippen LogP contribution is 2.28. The van der Waals surface area contributed by atoms with Gasteiger partial charge in [0.05, 0.1) is 11.6 Å². The second-order valence-corrected chi connectivity index (χ2v) is 6.06. The molecule has 1 fully saturated rings. The quantitative estimate of drug-likeness (QED) is 0.866. The van der Waals surface area contributed by atoms with Crippen molar-refractivity contribution in [3.63, 3.8) is 0 Å². The molecule has 0 aromatic heterocycles. The van der Waals surface area contributed by atoms with Crippen LogP contribution in [0.15, 0.2) is 22.7 Å². The smallest absolute Gasteiger partial charge is 0.251 e. The van der Waals surface area contributed by atoms with Gasteiger partial charge in [-0.3, -0.25) is 4.79 Å². The van der Waals surface area contributed by atoms with E-state index in [0.29, 0.717) is 23.8 Å². The second kappa shape index (κ2) is 7.09. The maximum Gasteiger partial charge on any atom is 0.251 e. The Balaban J connectivity index is 2.04. The average molecular weight is 341 g/mol. The van der Waals surface area contributed by atoms with E-state index in [0.717, 1.165) is 17.3 Å². The highest BCUT2D eigenvalue weighted by molar-refractivity contribution is 9.10. The molecule has 1 atom stereocenters. The van der Waals surface area contributed by atoms with Gasteiger partial charge in [0.15, 0.2) is 0 Å². The monoisotopic (exact) mass is 340 g/mol. The van der Waals surface area contributed by atoms with Crippen LogP contribution in [0.5, 0.6) is 5.75 Å². The van der Waals surface area contributed by atoms with Gasteiger partial charge < -0.3 is 15.8 Å². The summed E-state index contributed by atoms with van der Waals surface area (Å²) in [5, 5.41) is 3.06. The molecule has 0 saturated heterocycles. The third-order valence-corrected chi connectivity index (χ3v) is 4.57. The summed E-state index contributed by atoms with van der Waals surface area (Å²) < 4.78 is 5.94. The highest BCUT2D eigenvalue weighted by Gasteiger charge is 2.25. The first-order valence-corrected chi connectivity index (χ1v) is 7.79. The number of nitrogens with one attached hydrogen (secondary N) is 1. The number of hydrogen-bond donors (Lipinski definition) is 2. The third-order valence-electron chi connectivity index (χ3n) is 3.95. The van der Waals surface area contributed by atoms with Crippen LogP contribution < -0.4 is 15.8 Å². The Bertz CT molecular complexity index is 473. The minimum absolute atomic E-state index is 0.0734. The zero-order valence-corrected chi connectivity index (χ0v) is 13.3. The lowest BCUT2D eigenvalue weighted by Gasteiger charge is -2.23. The molecule has 3 N–H and O–H groups in total. The van der Waals surface area contributed by atoms with Crippen molar-refractivity contribution in [3.05, 3.63) is 28.2 Å². The fourth-order valence-electron chi connectivity index (χ4n) is 2.79. The average Bonchev–Trinajstić information content (AvgIpc) is 2.98. The minimum atomic E-state index is -0.0734. The van der Waals surface area contributed by atoms with Crippen LogP contribution in [-0.2, 0) is 0 Å². The lowest BCUT2D eigenvalue weighted by molar-refractivity contribution is 0.0924. The Morgan fingerprint density at radius 1 is 1.50 bits per heavy atom. The molecule has 1 amide bonds. The van der Waals surface area contributed by atoms with Gasteiger partial charge >= 0.3 is 0 Å². The summed E-state index contributed by atoms with van der Waals surface area (Å²) in [5.41, 5.74) is 6.43. The van der Waals surface area contributed by atoms with Crippen molar-refractivity contribution in [2.45, 2.75) is 31.7 Å². The molecule has 0 aliphatic heterocycles.